The van der Waals surface area contributed by atoms with Crippen molar-refractivity contribution < 1.29 is 14.7 Å². The molecule has 0 unspecified atom stereocenters. The number of carboxylic acids is 1. The lowest BCUT2D eigenvalue weighted by Gasteiger charge is -1.97. The maximum absolute atomic E-state index is 11.0. The van der Waals surface area contributed by atoms with Crippen molar-refractivity contribution in [3.8, 4) is 0 Å². The van der Waals surface area contributed by atoms with Gasteiger partial charge >= 0.3 is 5.97 Å². The lowest BCUT2D eigenvalue weighted by Crippen LogP contribution is -2.15. The van der Waals surface area contributed by atoms with Crippen LogP contribution in [0.15, 0.2) is 24.3 Å². The third-order valence-electron chi connectivity index (χ3n) is 2.24. The number of carbonyl (C=O) groups excluding carboxylic acids is 1. The molecule has 1 aromatic heterocycles. The molecule has 0 saturated carbocycles. The van der Waals surface area contributed by atoms with Gasteiger partial charge in [0.25, 0.3) is 0 Å². The summed E-state index contributed by atoms with van der Waals surface area (Å²) in [5, 5.41) is 9.83. The van der Waals surface area contributed by atoms with Crippen LogP contribution in [-0.4, -0.2) is 17.0 Å². The van der Waals surface area contributed by atoms with E-state index >= 15 is 0 Å². The van der Waals surface area contributed by atoms with Gasteiger partial charge in [-0.15, -0.1) is 11.3 Å². The van der Waals surface area contributed by atoms with Crippen molar-refractivity contribution in [3.05, 3.63) is 34.7 Å². The molecule has 0 spiro atoms. The van der Waals surface area contributed by atoms with Crippen molar-refractivity contribution in [3.63, 3.8) is 0 Å². The van der Waals surface area contributed by atoms with Crippen molar-refractivity contribution in [1.29, 1.82) is 0 Å². The fourth-order valence-corrected chi connectivity index (χ4v) is 2.68. The van der Waals surface area contributed by atoms with Crippen LogP contribution >= 0.6 is 11.3 Å². The Morgan fingerprint density at radius 1 is 1.31 bits per heavy atom. The second-order valence-electron chi connectivity index (χ2n) is 3.35. The summed E-state index contributed by atoms with van der Waals surface area (Å²) in [6.07, 6.45) is -0.0361. The lowest BCUT2D eigenvalue weighted by molar-refractivity contribution is -0.117. The second-order valence-corrected chi connectivity index (χ2v) is 4.41. The van der Waals surface area contributed by atoms with Gasteiger partial charge in [0.1, 0.15) is 4.88 Å². The Labute approximate surface area is 95.3 Å². The van der Waals surface area contributed by atoms with Gasteiger partial charge < -0.3 is 10.8 Å². The maximum Gasteiger partial charge on any atom is 0.346 e. The molecule has 0 bridgehead atoms. The molecule has 0 radical (unpaired) electrons. The number of amides is 1. The molecule has 0 aliphatic rings. The Hall–Kier alpha value is -1.88. The van der Waals surface area contributed by atoms with Crippen molar-refractivity contribution in [2.24, 2.45) is 5.73 Å². The molecule has 1 heterocycles. The molecule has 0 fully saturated rings. The van der Waals surface area contributed by atoms with E-state index in [9.17, 15) is 9.59 Å². The van der Waals surface area contributed by atoms with E-state index in [4.69, 9.17) is 10.8 Å². The Morgan fingerprint density at radius 3 is 2.62 bits per heavy atom. The number of carbonyl (C=O) groups is 2. The van der Waals surface area contributed by atoms with Gasteiger partial charge in [-0.05, 0) is 17.0 Å². The Kier molecular flexibility index (Phi) is 2.62. The summed E-state index contributed by atoms with van der Waals surface area (Å²) in [6, 6.07) is 7.27. The second kappa shape index (κ2) is 3.94. The largest absolute Gasteiger partial charge is 0.477 e. The van der Waals surface area contributed by atoms with E-state index in [1.807, 2.05) is 18.2 Å². The standard InChI is InChI=1S/C11H9NO3S/c12-9(13)5-7-6-3-1-2-4-8(6)16-10(7)11(14)15/h1-4H,5H2,(H2,12,13)(H,14,15). The van der Waals surface area contributed by atoms with Gasteiger partial charge in [-0.25, -0.2) is 4.79 Å². The minimum absolute atomic E-state index is 0.0361. The molecule has 0 saturated heterocycles. The molecular formula is C11H9NO3S. The highest BCUT2D eigenvalue weighted by Crippen LogP contribution is 2.31. The maximum atomic E-state index is 11.0. The zero-order valence-corrected chi connectivity index (χ0v) is 9.08. The molecule has 16 heavy (non-hydrogen) atoms. The molecule has 1 amide bonds. The van der Waals surface area contributed by atoms with Gasteiger partial charge in [-0.3, -0.25) is 4.79 Å². The number of fused-ring (bicyclic) bond motifs is 1. The average Bonchev–Trinajstić information content (AvgIpc) is 2.57. The van der Waals surface area contributed by atoms with Gasteiger partial charge in [0, 0.05) is 4.70 Å². The number of rotatable bonds is 3. The number of hydrogen-bond donors (Lipinski definition) is 2. The van der Waals surface area contributed by atoms with Crippen LogP contribution in [0.2, 0.25) is 0 Å². The highest BCUT2D eigenvalue weighted by Gasteiger charge is 2.18. The zero-order chi connectivity index (χ0) is 11.7. The van der Waals surface area contributed by atoms with Crippen LogP contribution in [0.5, 0.6) is 0 Å². The summed E-state index contributed by atoms with van der Waals surface area (Å²) < 4.78 is 0.858. The fourth-order valence-electron chi connectivity index (χ4n) is 1.62. The van der Waals surface area contributed by atoms with Crippen LogP contribution < -0.4 is 5.73 Å². The highest BCUT2D eigenvalue weighted by atomic mass is 32.1. The van der Waals surface area contributed by atoms with Crippen LogP contribution in [0.25, 0.3) is 10.1 Å². The summed E-state index contributed by atoms with van der Waals surface area (Å²) in [7, 11) is 0. The van der Waals surface area contributed by atoms with Gasteiger partial charge in [0.15, 0.2) is 0 Å². The average molecular weight is 235 g/mol. The van der Waals surface area contributed by atoms with Gasteiger partial charge in [0.2, 0.25) is 5.91 Å². The first-order valence-electron chi connectivity index (χ1n) is 4.61. The molecule has 82 valence electrons. The Balaban J connectivity index is 2.69. The molecule has 4 nitrogen and oxygen atoms in total. The fraction of sp³-hybridized carbons (Fsp3) is 0.0909. The van der Waals surface area contributed by atoms with Crippen molar-refractivity contribution in [2.75, 3.05) is 0 Å². The Bertz CT molecular complexity index is 574. The number of carboxylic acid groups (broad SMARTS) is 1. The van der Waals surface area contributed by atoms with Crippen molar-refractivity contribution in [2.45, 2.75) is 6.42 Å². The van der Waals surface area contributed by atoms with Crippen LogP contribution in [-0.2, 0) is 11.2 Å². The van der Waals surface area contributed by atoms with Crippen LogP contribution in [0, 0.1) is 0 Å². The molecule has 0 aliphatic carbocycles. The van der Waals surface area contributed by atoms with E-state index in [0.717, 1.165) is 10.1 Å². The van der Waals surface area contributed by atoms with Crippen LogP contribution in [0.4, 0.5) is 0 Å². The summed E-state index contributed by atoms with van der Waals surface area (Å²) in [6.45, 7) is 0. The molecule has 0 aliphatic heterocycles. The van der Waals surface area contributed by atoms with Crippen molar-refractivity contribution >= 4 is 33.3 Å². The number of thiophene rings is 1. The Morgan fingerprint density at radius 2 is 2.00 bits per heavy atom. The normalized spacial score (nSPS) is 10.5. The molecular weight excluding hydrogens is 226 g/mol. The van der Waals surface area contributed by atoms with E-state index in [1.54, 1.807) is 6.07 Å². The summed E-state index contributed by atoms with van der Waals surface area (Å²) in [5.41, 5.74) is 5.63. The molecule has 3 N–H and O–H groups in total. The van der Waals surface area contributed by atoms with E-state index < -0.39 is 11.9 Å². The van der Waals surface area contributed by atoms with Gasteiger partial charge in [-0.1, -0.05) is 18.2 Å². The highest BCUT2D eigenvalue weighted by molar-refractivity contribution is 7.21. The first-order valence-corrected chi connectivity index (χ1v) is 5.43. The molecule has 1 aromatic carbocycles. The quantitative estimate of drug-likeness (QED) is 0.848. The lowest BCUT2D eigenvalue weighted by atomic mass is 10.1. The molecule has 2 aromatic rings. The predicted octanol–water partition coefficient (Wildman–Crippen LogP) is 1.63. The predicted molar refractivity (Wildman–Crippen MR) is 61.7 cm³/mol. The molecule has 5 heteroatoms. The van der Waals surface area contributed by atoms with E-state index in [2.05, 4.69) is 0 Å². The first-order chi connectivity index (χ1) is 7.59. The van der Waals surface area contributed by atoms with Crippen LogP contribution in [0.1, 0.15) is 15.2 Å². The van der Waals surface area contributed by atoms with Crippen LogP contribution in [0.3, 0.4) is 0 Å². The number of hydrogen-bond acceptors (Lipinski definition) is 3. The number of aromatic carboxylic acids is 1. The monoisotopic (exact) mass is 235 g/mol. The third kappa shape index (κ3) is 1.77. The minimum Gasteiger partial charge on any atom is -0.477 e. The van der Waals surface area contributed by atoms with E-state index in [1.165, 1.54) is 11.3 Å². The van der Waals surface area contributed by atoms with Gasteiger partial charge in [0.05, 0.1) is 6.42 Å². The topological polar surface area (TPSA) is 80.4 Å². The number of primary amides is 1. The number of nitrogens with two attached hydrogens (primary N) is 1. The third-order valence-corrected chi connectivity index (χ3v) is 3.44. The SMILES string of the molecule is NC(=O)Cc1c(C(=O)O)sc2ccccc12. The zero-order valence-electron chi connectivity index (χ0n) is 8.27. The van der Waals surface area contributed by atoms with Crippen molar-refractivity contribution in [1.82, 2.24) is 0 Å². The smallest absolute Gasteiger partial charge is 0.346 e. The van der Waals surface area contributed by atoms with E-state index in [-0.39, 0.29) is 11.3 Å². The van der Waals surface area contributed by atoms with E-state index in [0.29, 0.717) is 5.56 Å². The molecule has 0 atom stereocenters. The number of benzene rings is 1. The first kappa shape index (κ1) is 10.6. The summed E-state index contributed by atoms with van der Waals surface area (Å²) in [4.78, 5) is 22.1. The summed E-state index contributed by atoms with van der Waals surface area (Å²) in [5.74, 6) is -1.54. The summed E-state index contributed by atoms with van der Waals surface area (Å²) >= 11 is 1.17. The minimum atomic E-state index is -1.02. The molecule has 2 rings (SSSR count). The van der Waals surface area contributed by atoms with Gasteiger partial charge in [-0.2, -0.15) is 0 Å².